The van der Waals surface area contributed by atoms with Crippen molar-refractivity contribution in [1.29, 1.82) is 0 Å². The van der Waals surface area contributed by atoms with Gasteiger partial charge in [-0.3, -0.25) is 14.7 Å². The van der Waals surface area contributed by atoms with E-state index in [0.29, 0.717) is 24.0 Å². The van der Waals surface area contributed by atoms with E-state index in [1.807, 2.05) is 30.3 Å². The lowest BCUT2D eigenvalue weighted by molar-refractivity contribution is -0.125. The summed E-state index contributed by atoms with van der Waals surface area (Å²) in [4.78, 5) is 36.5. The Morgan fingerprint density at radius 2 is 2.19 bits per heavy atom. The number of hydrogen-bond acceptors (Lipinski definition) is 7. The van der Waals surface area contributed by atoms with Gasteiger partial charge in [0.05, 0.1) is 24.7 Å². The first kappa shape index (κ1) is 21.5. The number of nitrogens with one attached hydrogen (secondary N) is 1. The van der Waals surface area contributed by atoms with E-state index in [1.165, 1.54) is 4.90 Å². The molecule has 2 amide bonds. The van der Waals surface area contributed by atoms with Crippen LogP contribution >= 0.6 is 15.9 Å². The molecule has 3 heterocycles. The van der Waals surface area contributed by atoms with Crippen LogP contribution in [0.2, 0.25) is 0 Å². The van der Waals surface area contributed by atoms with Crippen LogP contribution in [0, 0.1) is 0 Å². The second-order valence-electron chi connectivity index (χ2n) is 7.50. The van der Waals surface area contributed by atoms with Crippen molar-refractivity contribution >= 4 is 43.5 Å². The number of ether oxygens (including phenoxy) is 2. The third kappa shape index (κ3) is 5.13. The predicted octanol–water partition coefficient (Wildman–Crippen LogP) is 2.57. The molecule has 0 aliphatic carbocycles. The van der Waals surface area contributed by atoms with Gasteiger partial charge in [-0.15, -0.1) is 0 Å². The molecule has 10 heteroatoms. The van der Waals surface area contributed by atoms with Crippen molar-refractivity contribution in [1.82, 2.24) is 15.2 Å². The fourth-order valence-electron chi connectivity index (χ4n) is 3.68. The van der Waals surface area contributed by atoms with Crippen molar-refractivity contribution in [3.8, 4) is 0 Å². The van der Waals surface area contributed by atoms with E-state index in [1.54, 1.807) is 13.3 Å². The number of aromatic nitrogens is 1. The van der Waals surface area contributed by atoms with Gasteiger partial charge in [-0.05, 0) is 28.1 Å². The van der Waals surface area contributed by atoms with Crippen molar-refractivity contribution in [3.63, 3.8) is 0 Å². The SMILES string of the molecule is CO[C@@H]1C[C@H](C(=O)NCC2CC(Br)=NO2)N(C(=O)OCc2cnc3ccccc3c2)C1. The maximum absolute atomic E-state index is 12.8. The molecule has 3 atom stereocenters. The zero-order valence-corrected chi connectivity index (χ0v) is 18.6. The quantitative estimate of drug-likeness (QED) is 0.667. The van der Waals surface area contributed by atoms with Crippen molar-refractivity contribution in [2.75, 3.05) is 20.2 Å². The van der Waals surface area contributed by atoms with Crippen molar-refractivity contribution < 1.29 is 23.9 Å². The van der Waals surface area contributed by atoms with E-state index in [-0.39, 0.29) is 31.3 Å². The van der Waals surface area contributed by atoms with Gasteiger partial charge >= 0.3 is 6.09 Å². The van der Waals surface area contributed by atoms with Gasteiger partial charge in [-0.2, -0.15) is 0 Å². The lowest BCUT2D eigenvalue weighted by Crippen LogP contribution is -2.47. The van der Waals surface area contributed by atoms with E-state index in [0.717, 1.165) is 16.5 Å². The lowest BCUT2D eigenvalue weighted by atomic mass is 10.1. The Kier molecular flexibility index (Phi) is 6.67. The van der Waals surface area contributed by atoms with E-state index in [9.17, 15) is 9.59 Å². The molecule has 31 heavy (non-hydrogen) atoms. The molecular weight excluding hydrogens is 468 g/mol. The summed E-state index contributed by atoms with van der Waals surface area (Å²) in [6, 6.07) is 8.99. The van der Waals surface area contributed by atoms with Gasteiger partial charge in [0.1, 0.15) is 17.3 Å². The highest BCUT2D eigenvalue weighted by molar-refractivity contribution is 9.18. The van der Waals surface area contributed by atoms with Crippen LogP contribution in [0.15, 0.2) is 41.7 Å². The van der Waals surface area contributed by atoms with Crippen molar-refractivity contribution in [3.05, 3.63) is 42.1 Å². The average molecular weight is 491 g/mol. The molecule has 2 aromatic rings. The number of likely N-dealkylation sites (tertiary alicyclic amines) is 1. The number of pyridine rings is 1. The third-order valence-electron chi connectivity index (χ3n) is 5.34. The number of para-hydroxylation sites is 1. The number of methoxy groups -OCH3 is 1. The smallest absolute Gasteiger partial charge is 0.410 e. The van der Waals surface area contributed by atoms with Gasteiger partial charge < -0.3 is 19.6 Å². The topological polar surface area (TPSA) is 102 Å². The zero-order chi connectivity index (χ0) is 21.8. The largest absolute Gasteiger partial charge is 0.444 e. The Hall–Kier alpha value is -2.72. The highest BCUT2D eigenvalue weighted by Gasteiger charge is 2.41. The van der Waals surface area contributed by atoms with E-state index in [4.69, 9.17) is 14.3 Å². The Morgan fingerprint density at radius 3 is 2.97 bits per heavy atom. The summed E-state index contributed by atoms with van der Waals surface area (Å²) >= 11 is 3.27. The number of carbonyl (C=O) groups excluding carboxylic acids is 2. The van der Waals surface area contributed by atoms with Gasteiger partial charge in [0, 0.05) is 37.1 Å². The summed E-state index contributed by atoms with van der Waals surface area (Å²) in [6.45, 7) is 0.662. The number of hydrogen-bond donors (Lipinski definition) is 1. The number of halogens is 1. The molecule has 2 aliphatic rings. The van der Waals surface area contributed by atoms with E-state index < -0.39 is 12.1 Å². The number of carbonyl (C=O) groups is 2. The molecular formula is C21H23BrN4O5. The standard InChI is InChI=1S/C21H23BrN4O5/c1-29-16-7-18(20(27)24-10-15-8-19(22)25-31-15)26(11-16)21(28)30-12-13-6-14-4-2-3-5-17(14)23-9-13/h2-6,9,15-16,18H,7-8,10-12H2,1H3,(H,24,27)/t15?,16-,18-/m1/s1. The summed E-state index contributed by atoms with van der Waals surface area (Å²) in [6.07, 6.45) is 1.67. The second-order valence-corrected chi connectivity index (χ2v) is 8.41. The molecule has 1 saturated heterocycles. The molecule has 1 N–H and O–H groups in total. The highest BCUT2D eigenvalue weighted by atomic mass is 79.9. The monoisotopic (exact) mass is 490 g/mol. The molecule has 0 radical (unpaired) electrons. The maximum Gasteiger partial charge on any atom is 0.410 e. The summed E-state index contributed by atoms with van der Waals surface area (Å²) in [5.74, 6) is -0.268. The molecule has 1 unspecified atom stereocenters. The maximum atomic E-state index is 12.8. The van der Waals surface area contributed by atoms with Gasteiger partial charge in [0.15, 0.2) is 6.10 Å². The number of nitrogens with zero attached hydrogens (tertiary/aromatic N) is 3. The lowest BCUT2D eigenvalue weighted by Gasteiger charge is -2.23. The molecule has 0 bridgehead atoms. The first-order chi connectivity index (χ1) is 15.0. The molecule has 0 spiro atoms. The number of fused-ring (bicyclic) bond motifs is 1. The first-order valence-electron chi connectivity index (χ1n) is 9.99. The number of amides is 2. The van der Waals surface area contributed by atoms with Crippen LogP contribution < -0.4 is 5.32 Å². The number of rotatable bonds is 6. The molecule has 0 saturated carbocycles. The minimum atomic E-state index is -0.669. The van der Waals surface area contributed by atoms with Crippen LogP contribution in [-0.2, 0) is 25.7 Å². The Bertz CT molecular complexity index is 1000. The average Bonchev–Trinajstić information content (AvgIpc) is 3.42. The minimum Gasteiger partial charge on any atom is -0.444 e. The summed E-state index contributed by atoms with van der Waals surface area (Å²) in [7, 11) is 1.57. The number of oxime groups is 1. The molecule has 2 aliphatic heterocycles. The minimum absolute atomic E-state index is 0.0699. The molecule has 164 valence electrons. The fraction of sp³-hybridized carbons (Fsp3) is 0.429. The zero-order valence-electron chi connectivity index (χ0n) is 17.0. The van der Waals surface area contributed by atoms with E-state index >= 15 is 0 Å². The van der Waals surface area contributed by atoms with Crippen LogP contribution in [-0.4, -0.2) is 65.0 Å². The fourth-order valence-corrected chi connectivity index (χ4v) is 4.12. The summed E-state index contributed by atoms with van der Waals surface area (Å²) in [5, 5.41) is 7.61. The molecule has 1 aromatic heterocycles. The van der Waals surface area contributed by atoms with Crippen LogP contribution in [0.3, 0.4) is 0 Å². The number of benzene rings is 1. The van der Waals surface area contributed by atoms with Gasteiger partial charge in [-0.25, -0.2) is 4.79 Å². The predicted molar refractivity (Wildman–Crippen MR) is 117 cm³/mol. The Labute approximate surface area is 187 Å². The third-order valence-corrected chi connectivity index (χ3v) is 5.81. The molecule has 1 fully saturated rings. The van der Waals surface area contributed by atoms with Crippen LogP contribution in [0.25, 0.3) is 10.9 Å². The van der Waals surface area contributed by atoms with Crippen molar-refractivity contribution in [2.45, 2.75) is 37.7 Å². The van der Waals surface area contributed by atoms with Gasteiger partial charge in [0.25, 0.3) is 0 Å². The first-order valence-corrected chi connectivity index (χ1v) is 10.8. The van der Waals surface area contributed by atoms with Gasteiger partial charge in [0.2, 0.25) is 5.91 Å². The Balaban J connectivity index is 1.35. The van der Waals surface area contributed by atoms with Crippen LogP contribution in [0.4, 0.5) is 4.79 Å². The Morgan fingerprint density at radius 1 is 1.35 bits per heavy atom. The van der Waals surface area contributed by atoms with Crippen LogP contribution in [0.5, 0.6) is 0 Å². The highest BCUT2D eigenvalue weighted by Crippen LogP contribution is 2.22. The van der Waals surface area contributed by atoms with Gasteiger partial charge in [-0.1, -0.05) is 23.4 Å². The molecule has 4 rings (SSSR count). The molecule has 9 nitrogen and oxygen atoms in total. The van der Waals surface area contributed by atoms with Crippen molar-refractivity contribution in [2.24, 2.45) is 5.16 Å². The second kappa shape index (κ2) is 9.61. The summed E-state index contributed by atoms with van der Waals surface area (Å²) < 4.78 is 11.6. The van der Waals surface area contributed by atoms with Crippen LogP contribution in [0.1, 0.15) is 18.4 Å². The summed E-state index contributed by atoms with van der Waals surface area (Å²) in [5.41, 5.74) is 1.65. The molecule has 1 aromatic carbocycles. The van der Waals surface area contributed by atoms with E-state index in [2.05, 4.69) is 31.4 Å². The normalized spacial score (nSPS) is 22.8.